The van der Waals surface area contributed by atoms with Gasteiger partial charge in [-0.1, -0.05) is 17.7 Å². The van der Waals surface area contributed by atoms with Crippen LogP contribution < -0.4 is 10.0 Å². The Morgan fingerprint density at radius 2 is 1.52 bits per heavy atom. The minimum absolute atomic E-state index is 0.0300. The zero-order valence-corrected chi connectivity index (χ0v) is 14.2. The number of aryl methyl sites for hydroxylation is 1. The lowest BCUT2D eigenvalue weighted by atomic mass is 10.2. The van der Waals surface area contributed by atoms with Gasteiger partial charge in [0.1, 0.15) is 11.6 Å². The molecule has 3 rings (SSSR count). The van der Waals surface area contributed by atoms with E-state index in [0.717, 1.165) is 29.1 Å². The van der Waals surface area contributed by atoms with Gasteiger partial charge in [0.15, 0.2) is 0 Å². The van der Waals surface area contributed by atoms with E-state index in [9.17, 15) is 12.8 Å². The molecular formula is C18H16FN3O2S. The molecule has 3 aromatic rings. The minimum atomic E-state index is -3.81. The number of rotatable bonds is 5. The third kappa shape index (κ3) is 4.33. The number of benzene rings is 2. The van der Waals surface area contributed by atoms with E-state index < -0.39 is 15.8 Å². The molecule has 0 aliphatic heterocycles. The molecule has 0 atom stereocenters. The molecule has 0 saturated carbocycles. The average Bonchev–Trinajstić information content (AvgIpc) is 2.59. The van der Waals surface area contributed by atoms with E-state index in [1.54, 1.807) is 12.1 Å². The van der Waals surface area contributed by atoms with Crippen molar-refractivity contribution in [3.63, 3.8) is 0 Å². The lowest BCUT2D eigenvalue weighted by molar-refractivity contribution is 0.599. The highest BCUT2D eigenvalue weighted by Gasteiger charge is 2.14. The summed E-state index contributed by atoms with van der Waals surface area (Å²) in [6.07, 6.45) is 1.53. The van der Waals surface area contributed by atoms with Gasteiger partial charge in [0, 0.05) is 5.69 Å². The fraction of sp³-hybridized carbons (Fsp3) is 0.0556. The predicted octanol–water partition coefficient (Wildman–Crippen LogP) is 4.07. The fourth-order valence-electron chi connectivity index (χ4n) is 2.14. The first kappa shape index (κ1) is 16.9. The maximum atomic E-state index is 12.9. The molecule has 0 saturated heterocycles. The van der Waals surface area contributed by atoms with Crippen molar-refractivity contribution in [1.82, 2.24) is 4.98 Å². The quantitative estimate of drug-likeness (QED) is 0.722. The topological polar surface area (TPSA) is 71.1 Å². The summed E-state index contributed by atoms with van der Waals surface area (Å²) in [5.41, 5.74) is 2.80. The molecule has 2 N–H and O–H groups in total. The van der Waals surface area contributed by atoms with E-state index >= 15 is 0 Å². The van der Waals surface area contributed by atoms with Crippen molar-refractivity contribution in [2.75, 3.05) is 10.0 Å². The van der Waals surface area contributed by atoms with Gasteiger partial charge >= 0.3 is 0 Å². The Bertz CT molecular complexity index is 955. The number of aromatic nitrogens is 1. The molecule has 0 aliphatic carbocycles. The normalized spacial score (nSPS) is 11.1. The first-order valence-electron chi connectivity index (χ1n) is 7.50. The Balaban J connectivity index is 1.71. The molecule has 0 unspecified atom stereocenters. The van der Waals surface area contributed by atoms with Crippen molar-refractivity contribution in [1.29, 1.82) is 0 Å². The number of nitrogens with zero attached hydrogens (tertiary/aromatic N) is 1. The standard InChI is InChI=1S/C18H16FN3O2S/c1-13-2-6-15(7-3-13)21-16-8-11-18(20-12-16)22-25(23,24)17-9-4-14(19)5-10-17/h2-12,21H,1H3,(H,20,22). The zero-order chi connectivity index (χ0) is 17.9. The van der Waals surface area contributed by atoms with E-state index in [4.69, 9.17) is 0 Å². The molecule has 1 heterocycles. The molecule has 1 aromatic heterocycles. The molecule has 0 radical (unpaired) electrons. The van der Waals surface area contributed by atoms with E-state index in [1.807, 2.05) is 31.2 Å². The van der Waals surface area contributed by atoms with E-state index in [2.05, 4.69) is 15.0 Å². The van der Waals surface area contributed by atoms with Crippen LogP contribution in [0.2, 0.25) is 0 Å². The largest absolute Gasteiger partial charge is 0.354 e. The first-order chi connectivity index (χ1) is 11.9. The van der Waals surface area contributed by atoms with Gasteiger partial charge in [-0.25, -0.2) is 17.8 Å². The summed E-state index contributed by atoms with van der Waals surface area (Å²) < 4.78 is 39.7. The maximum absolute atomic E-state index is 12.9. The summed E-state index contributed by atoms with van der Waals surface area (Å²) in [6.45, 7) is 2.01. The third-order valence-corrected chi connectivity index (χ3v) is 4.84. The van der Waals surface area contributed by atoms with Crippen LogP contribution in [-0.2, 0) is 10.0 Å². The van der Waals surface area contributed by atoms with Crippen LogP contribution in [-0.4, -0.2) is 13.4 Å². The van der Waals surface area contributed by atoms with Gasteiger partial charge in [0.25, 0.3) is 10.0 Å². The molecule has 0 aliphatic rings. The summed E-state index contributed by atoms with van der Waals surface area (Å²) in [5, 5.41) is 3.18. The molecule has 7 heteroatoms. The van der Waals surface area contributed by atoms with Crippen LogP contribution in [0.1, 0.15) is 5.56 Å². The Kier molecular flexibility index (Phi) is 4.67. The molecule has 0 amide bonds. The van der Waals surface area contributed by atoms with Crippen LogP contribution >= 0.6 is 0 Å². The van der Waals surface area contributed by atoms with Crippen molar-refractivity contribution < 1.29 is 12.8 Å². The second kappa shape index (κ2) is 6.90. The van der Waals surface area contributed by atoms with Gasteiger partial charge in [0.2, 0.25) is 0 Å². The summed E-state index contributed by atoms with van der Waals surface area (Å²) in [6, 6.07) is 15.7. The highest BCUT2D eigenvalue weighted by atomic mass is 32.2. The third-order valence-electron chi connectivity index (χ3n) is 3.47. The Morgan fingerprint density at radius 3 is 2.12 bits per heavy atom. The number of nitrogens with one attached hydrogen (secondary N) is 2. The van der Waals surface area contributed by atoms with E-state index in [0.29, 0.717) is 0 Å². The monoisotopic (exact) mass is 357 g/mol. The Hall–Kier alpha value is -2.93. The maximum Gasteiger partial charge on any atom is 0.263 e. The summed E-state index contributed by atoms with van der Waals surface area (Å²) in [7, 11) is -3.81. The van der Waals surface area contributed by atoms with Gasteiger partial charge in [-0.3, -0.25) is 4.72 Å². The summed E-state index contributed by atoms with van der Waals surface area (Å²) >= 11 is 0. The molecule has 0 spiro atoms. The lowest BCUT2D eigenvalue weighted by Crippen LogP contribution is -2.13. The number of anilines is 3. The molecule has 128 valence electrons. The summed E-state index contributed by atoms with van der Waals surface area (Å²) in [4.78, 5) is 4.06. The van der Waals surface area contributed by atoms with Crippen LogP contribution in [0.3, 0.4) is 0 Å². The Morgan fingerprint density at radius 1 is 0.880 bits per heavy atom. The fourth-order valence-corrected chi connectivity index (χ4v) is 3.15. The average molecular weight is 357 g/mol. The van der Waals surface area contributed by atoms with Crippen molar-refractivity contribution in [2.45, 2.75) is 11.8 Å². The summed E-state index contributed by atoms with van der Waals surface area (Å²) in [5.74, 6) is -0.317. The minimum Gasteiger partial charge on any atom is -0.354 e. The predicted molar refractivity (Wildman–Crippen MR) is 95.9 cm³/mol. The molecular weight excluding hydrogens is 341 g/mol. The van der Waals surface area contributed by atoms with Crippen LogP contribution in [0.5, 0.6) is 0 Å². The van der Waals surface area contributed by atoms with Crippen LogP contribution in [0, 0.1) is 12.7 Å². The second-order valence-corrected chi connectivity index (χ2v) is 7.16. The van der Waals surface area contributed by atoms with Crippen LogP contribution in [0.15, 0.2) is 71.8 Å². The first-order valence-corrected chi connectivity index (χ1v) is 8.99. The number of sulfonamides is 1. The molecule has 5 nitrogen and oxygen atoms in total. The van der Waals surface area contributed by atoms with Crippen molar-refractivity contribution in [3.8, 4) is 0 Å². The van der Waals surface area contributed by atoms with Gasteiger partial charge in [-0.2, -0.15) is 0 Å². The number of halogens is 1. The highest BCUT2D eigenvalue weighted by molar-refractivity contribution is 7.92. The van der Waals surface area contributed by atoms with Gasteiger partial charge in [-0.05, 0) is 55.5 Å². The van der Waals surface area contributed by atoms with Gasteiger partial charge in [0.05, 0.1) is 16.8 Å². The SMILES string of the molecule is Cc1ccc(Nc2ccc(NS(=O)(=O)c3ccc(F)cc3)nc2)cc1. The molecule has 2 aromatic carbocycles. The van der Waals surface area contributed by atoms with Crippen molar-refractivity contribution in [2.24, 2.45) is 0 Å². The highest BCUT2D eigenvalue weighted by Crippen LogP contribution is 2.19. The Labute approximate surface area is 145 Å². The van der Waals surface area contributed by atoms with Crippen LogP contribution in [0.25, 0.3) is 0 Å². The van der Waals surface area contributed by atoms with Crippen molar-refractivity contribution >= 4 is 27.2 Å². The molecule has 0 fully saturated rings. The molecule has 25 heavy (non-hydrogen) atoms. The number of hydrogen-bond donors (Lipinski definition) is 2. The second-order valence-electron chi connectivity index (χ2n) is 5.48. The van der Waals surface area contributed by atoms with Crippen LogP contribution in [0.4, 0.5) is 21.6 Å². The number of pyridine rings is 1. The number of hydrogen-bond acceptors (Lipinski definition) is 4. The van der Waals surface area contributed by atoms with Gasteiger partial charge in [-0.15, -0.1) is 0 Å². The smallest absolute Gasteiger partial charge is 0.263 e. The van der Waals surface area contributed by atoms with Gasteiger partial charge < -0.3 is 5.32 Å². The van der Waals surface area contributed by atoms with E-state index in [-0.39, 0.29) is 10.7 Å². The van der Waals surface area contributed by atoms with Crippen molar-refractivity contribution in [3.05, 3.63) is 78.2 Å². The lowest BCUT2D eigenvalue weighted by Gasteiger charge is -2.09. The zero-order valence-electron chi connectivity index (χ0n) is 13.4. The van der Waals surface area contributed by atoms with E-state index in [1.165, 1.54) is 18.3 Å². The molecule has 0 bridgehead atoms.